The van der Waals surface area contributed by atoms with Crippen molar-refractivity contribution in [3.8, 4) is 0 Å². The van der Waals surface area contributed by atoms with Gasteiger partial charge in [0.1, 0.15) is 0 Å². The summed E-state index contributed by atoms with van der Waals surface area (Å²) in [5, 5.41) is 0. The Hall–Kier alpha value is -2.62. The number of ketones is 1. The maximum Gasteiger partial charge on any atom is 0.414 e. The van der Waals surface area contributed by atoms with Gasteiger partial charge in [0.15, 0.2) is 5.78 Å². The molecule has 1 aliphatic rings. The first-order valence-corrected chi connectivity index (χ1v) is 7.35. The van der Waals surface area contributed by atoms with Crippen LogP contribution in [-0.2, 0) is 4.74 Å². The fraction of sp³-hybridized carbons (Fsp3) is 0.222. The highest BCUT2D eigenvalue weighted by Gasteiger charge is 2.36. The van der Waals surface area contributed by atoms with E-state index in [4.69, 9.17) is 4.74 Å². The molecule has 112 valence electrons. The standard InChI is InChI=1S/C18H17NO3/c1-2-22-18(21)19-15-11-7-6-10-14(15)17(20)12-16(19)13-8-4-3-5-9-13/h3-11,16H,2,12H2,1H3. The number of carbonyl (C=O) groups is 2. The zero-order chi connectivity index (χ0) is 15.5. The van der Waals surface area contributed by atoms with Crippen LogP contribution in [0.4, 0.5) is 10.5 Å². The van der Waals surface area contributed by atoms with Crippen LogP contribution in [0.25, 0.3) is 0 Å². The summed E-state index contributed by atoms with van der Waals surface area (Å²) < 4.78 is 5.20. The number of ether oxygens (including phenoxy) is 1. The van der Waals surface area contributed by atoms with Crippen LogP contribution in [0, 0.1) is 0 Å². The first-order chi connectivity index (χ1) is 10.7. The molecule has 4 nitrogen and oxygen atoms in total. The average Bonchev–Trinajstić information content (AvgIpc) is 2.56. The summed E-state index contributed by atoms with van der Waals surface area (Å²) in [5.41, 5.74) is 2.12. The number of para-hydroxylation sites is 1. The van der Waals surface area contributed by atoms with Gasteiger partial charge in [0.2, 0.25) is 0 Å². The van der Waals surface area contributed by atoms with E-state index in [2.05, 4.69) is 0 Å². The Bertz CT molecular complexity index is 696. The molecule has 1 atom stereocenters. The van der Waals surface area contributed by atoms with Gasteiger partial charge in [0, 0.05) is 12.0 Å². The number of carbonyl (C=O) groups excluding carboxylic acids is 2. The second-order valence-electron chi connectivity index (χ2n) is 5.14. The quantitative estimate of drug-likeness (QED) is 0.842. The summed E-state index contributed by atoms with van der Waals surface area (Å²) in [6.07, 6.45) is -0.156. The van der Waals surface area contributed by atoms with E-state index >= 15 is 0 Å². The lowest BCUT2D eigenvalue weighted by atomic mass is 9.90. The van der Waals surface area contributed by atoms with Gasteiger partial charge in [-0.25, -0.2) is 4.79 Å². The second-order valence-corrected chi connectivity index (χ2v) is 5.14. The summed E-state index contributed by atoms with van der Waals surface area (Å²) in [7, 11) is 0. The number of anilines is 1. The Kier molecular flexibility index (Phi) is 3.92. The SMILES string of the molecule is CCOC(=O)N1c2ccccc2C(=O)CC1c1ccccc1. The molecule has 4 heteroatoms. The normalized spacial score (nSPS) is 17.0. The topological polar surface area (TPSA) is 46.6 Å². The summed E-state index contributed by atoms with van der Waals surface area (Å²) in [6.45, 7) is 2.07. The third-order valence-electron chi connectivity index (χ3n) is 3.80. The molecule has 3 rings (SSSR count). The Morgan fingerprint density at radius 3 is 2.55 bits per heavy atom. The number of hydrogen-bond donors (Lipinski definition) is 0. The summed E-state index contributed by atoms with van der Waals surface area (Å²) in [6, 6.07) is 16.4. The molecule has 0 N–H and O–H groups in total. The van der Waals surface area contributed by atoms with E-state index < -0.39 is 6.09 Å². The molecular weight excluding hydrogens is 278 g/mol. The van der Waals surface area contributed by atoms with Gasteiger partial charge in [0.05, 0.1) is 18.3 Å². The molecule has 1 unspecified atom stereocenters. The highest BCUT2D eigenvalue weighted by molar-refractivity contribution is 6.08. The number of rotatable bonds is 2. The summed E-state index contributed by atoms with van der Waals surface area (Å²) in [4.78, 5) is 26.5. The molecule has 0 aromatic heterocycles. The molecule has 22 heavy (non-hydrogen) atoms. The highest BCUT2D eigenvalue weighted by Crippen LogP contribution is 2.38. The van der Waals surface area contributed by atoms with Crippen molar-refractivity contribution < 1.29 is 14.3 Å². The molecule has 1 amide bonds. The third-order valence-corrected chi connectivity index (χ3v) is 3.80. The molecule has 0 saturated heterocycles. The zero-order valence-electron chi connectivity index (χ0n) is 12.4. The summed E-state index contributed by atoms with van der Waals surface area (Å²) in [5.74, 6) is 0.0463. The Labute approximate surface area is 129 Å². The van der Waals surface area contributed by atoms with Crippen molar-refractivity contribution in [2.24, 2.45) is 0 Å². The van der Waals surface area contributed by atoms with E-state index in [1.807, 2.05) is 42.5 Å². The van der Waals surface area contributed by atoms with Crippen molar-refractivity contribution in [2.75, 3.05) is 11.5 Å². The number of hydrogen-bond acceptors (Lipinski definition) is 3. The molecule has 1 heterocycles. The molecule has 0 bridgehead atoms. The highest BCUT2D eigenvalue weighted by atomic mass is 16.6. The number of benzene rings is 2. The lowest BCUT2D eigenvalue weighted by Gasteiger charge is -2.35. The van der Waals surface area contributed by atoms with Crippen LogP contribution in [0.1, 0.15) is 35.3 Å². The van der Waals surface area contributed by atoms with Gasteiger partial charge in [-0.2, -0.15) is 0 Å². The van der Waals surface area contributed by atoms with Crippen LogP contribution >= 0.6 is 0 Å². The molecule has 0 aliphatic carbocycles. The predicted molar refractivity (Wildman–Crippen MR) is 84.1 cm³/mol. The predicted octanol–water partition coefficient (Wildman–Crippen LogP) is 3.98. The van der Waals surface area contributed by atoms with E-state index in [0.717, 1.165) is 5.56 Å². The Balaban J connectivity index is 2.10. The van der Waals surface area contributed by atoms with E-state index in [1.165, 1.54) is 0 Å². The minimum Gasteiger partial charge on any atom is -0.449 e. The lowest BCUT2D eigenvalue weighted by Crippen LogP contribution is -2.40. The van der Waals surface area contributed by atoms with Gasteiger partial charge in [-0.15, -0.1) is 0 Å². The van der Waals surface area contributed by atoms with Gasteiger partial charge in [-0.3, -0.25) is 9.69 Å². The van der Waals surface area contributed by atoms with Crippen molar-refractivity contribution in [1.82, 2.24) is 0 Å². The van der Waals surface area contributed by atoms with Crippen molar-refractivity contribution in [1.29, 1.82) is 0 Å². The molecule has 0 fully saturated rings. The van der Waals surface area contributed by atoms with E-state index in [9.17, 15) is 9.59 Å². The van der Waals surface area contributed by atoms with Crippen molar-refractivity contribution in [3.63, 3.8) is 0 Å². The van der Waals surface area contributed by atoms with Crippen LogP contribution in [0.2, 0.25) is 0 Å². The van der Waals surface area contributed by atoms with E-state index in [-0.39, 0.29) is 18.2 Å². The Morgan fingerprint density at radius 2 is 1.82 bits per heavy atom. The summed E-state index contributed by atoms with van der Waals surface area (Å²) >= 11 is 0. The van der Waals surface area contributed by atoms with Crippen molar-refractivity contribution >= 4 is 17.6 Å². The molecule has 2 aromatic rings. The molecular formula is C18H17NO3. The van der Waals surface area contributed by atoms with Crippen LogP contribution in [-0.4, -0.2) is 18.5 Å². The first kappa shape index (κ1) is 14.3. The van der Waals surface area contributed by atoms with Gasteiger partial charge >= 0.3 is 6.09 Å². The molecule has 0 radical (unpaired) electrons. The minimum atomic E-state index is -0.420. The van der Waals surface area contributed by atoms with Crippen LogP contribution in [0.5, 0.6) is 0 Å². The number of Topliss-reactive ketones (excluding diaryl/α,β-unsaturated/α-hetero) is 1. The monoisotopic (exact) mass is 295 g/mol. The molecule has 0 spiro atoms. The molecule has 0 saturated carbocycles. The smallest absolute Gasteiger partial charge is 0.414 e. The fourth-order valence-electron chi connectivity index (χ4n) is 2.82. The minimum absolute atomic E-state index is 0.0463. The number of nitrogens with zero attached hydrogens (tertiary/aromatic N) is 1. The molecule has 1 aliphatic heterocycles. The maximum atomic E-state index is 12.4. The zero-order valence-corrected chi connectivity index (χ0v) is 12.4. The number of amides is 1. The van der Waals surface area contributed by atoms with Crippen molar-refractivity contribution in [3.05, 3.63) is 65.7 Å². The first-order valence-electron chi connectivity index (χ1n) is 7.35. The Morgan fingerprint density at radius 1 is 1.14 bits per heavy atom. The lowest BCUT2D eigenvalue weighted by molar-refractivity contribution is 0.0963. The average molecular weight is 295 g/mol. The largest absolute Gasteiger partial charge is 0.449 e. The maximum absolute atomic E-state index is 12.4. The fourth-order valence-corrected chi connectivity index (χ4v) is 2.82. The van der Waals surface area contributed by atoms with Crippen molar-refractivity contribution in [2.45, 2.75) is 19.4 Å². The van der Waals surface area contributed by atoms with Crippen LogP contribution in [0.3, 0.4) is 0 Å². The van der Waals surface area contributed by atoms with Crippen LogP contribution < -0.4 is 4.90 Å². The van der Waals surface area contributed by atoms with Gasteiger partial charge in [0.25, 0.3) is 0 Å². The number of fused-ring (bicyclic) bond motifs is 1. The third kappa shape index (κ3) is 2.48. The van der Waals surface area contributed by atoms with E-state index in [0.29, 0.717) is 17.9 Å². The second kappa shape index (κ2) is 6.02. The molecule has 2 aromatic carbocycles. The van der Waals surface area contributed by atoms with E-state index in [1.54, 1.807) is 24.0 Å². The van der Waals surface area contributed by atoms with Crippen LogP contribution in [0.15, 0.2) is 54.6 Å². The van der Waals surface area contributed by atoms with Gasteiger partial charge in [-0.1, -0.05) is 42.5 Å². The van der Waals surface area contributed by atoms with Gasteiger partial charge < -0.3 is 4.74 Å². The van der Waals surface area contributed by atoms with Gasteiger partial charge in [-0.05, 0) is 24.6 Å².